The fraction of sp³-hybridized carbons (Fsp3) is 0.531. The number of pyridine rings is 1. The molecule has 1 aromatic heterocycles. The second-order valence-corrected chi connectivity index (χ2v) is 12.5. The Labute approximate surface area is 258 Å². The molecule has 12 heteroatoms. The lowest BCUT2D eigenvalue weighted by Crippen LogP contribution is -2.62. The van der Waals surface area contributed by atoms with Crippen molar-refractivity contribution in [1.82, 2.24) is 30.5 Å². The van der Waals surface area contributed by atoms with Gasteiger partial charge in [0.05, 0.1) is 12.6 Å². The minimum Gasteiger partial charge on any atom is -0.392 e. The Hall–Kier alpha value is -3.71. The van der Waals surface area contributed by atoms with Crippen LogP contribution in [-0.2, 0) is 37.0 Å². The molecule has 12 nitrogen and oxygen atoms in total. The molecule has 3 N–H and O–H groups in total. The monoisotopic (exact) mass is 608 g/mol. The van der Waals surface area contributed by atoms with Crippen LogP contribution in [0.1, 0.15) is 51.2 Å². The van der Waals surface area contributed by atoms with Crippen molar-refractivity contribution < 1.29 is 29.1 Å². The molecule has 0 saturated carbocycles. The number of aromatic nitrogens is 1. The quantitative estimate of drug-likeness (QED) is 0.282. The number of aliphatic hydroxyl groups excluding tert-OH is 1. The Bertz CT molecular complexity index is 1250. The van der Waals surface area contributed by atoms with E-state index in [0.717, 1.165) is 17.7 Å². The van der Waals surface area contributed by atoms with Crippen molar-refractivity contribution in [3.05, 3.63) is 66.0 Å². The molecule has 2 saturated heterocycles. The summed E-state index contributed by atoms with van der Waals surface area (Å²) in [5, 5.41) is 18.1. The van der Waals surface area contributed by atoms with Crippen LogP contribution < -0.4 is 10.6 Å². The number of nitrogens with zero attached hydrogens (tertiary/aromatic N) is 4. The zero-order valence-corrected chi connectivity index (χ0v) is 25.8. The van der Waals surface area contributed by atoms with E-state index in [1.54, 1.807) is 6.20 Å². The Morgan fingerprint density at radius 2 is 1.75 bits per heavy atom. The molecule has 0 unspecified atom stereocenters. The first kappa shape index (κ1) is 33.2. The number of benzene rings is 1. The van der Waals surface area contributed by atoms with E-state index < -0.39 is 35.5 Å². The van der Waals surface area contributed by atoms with Crippen molar-refractivity contribution in [2.45, 2.75) is 76.7 Å². The van der Waals surface area contributed by atoms with Gasteiger partial charge in [-0.2, -0.15) is 0 Å². The van der Waals surface area contributed by atoms with Gasteiger partial charge < -0.3 is 20.6 Å². The number of carbonyl (C=O) groups is 4. The maximum Gasteiger partial charge on any atom is 0.346 e. The summed E-state index contributed by atoms with van der Waals surface area (Å²) in [5.41, 5.74) is 1.68. The summed E-state index contributed by atoms with van der Waals surface area (Å²) in [4.78, 5) is 63.1. The van der Waals surface area contributed by atoms with E-state index in [4.69, 9.17) is 4.84 Å². The first-order valence-corrected chi connectivity index (χ1v) is 15.2. The lowest BCUT2D eigenvalue weighted by atomic mass is 9.99. The molecule has 238 valence electrons. The van der Waals surface area contributed by atoms with E-state index in [2.05, 4.69) is 20.5 Å². The van der Waals surface area contributed by atoms with Crippen molar-refractivity contribution >= 4 is 23.7 Å². The molecule has 3 atom stereocenters. The standard InChI is InChI=1S/C32H44N6O6/c1-32(2,3)35-31(43)27-22-36(20-24-10-7-13-33-18-24)14-15-37(27)21-26(39)17-25(16-23-8-5-4-6-9-23)34-19-30(42)44-38-28(40)11-12-29(38)41/h4-10,13,18,25-27,34,39H,11-12,14-17,19-22H2,1-3H3,(H,35,43)/t25-,26+,27+/m1/s1. The SMILES string of the molecule is CC(C)(C)NC(=O)[C@@H]1CN(Cc2cccnc2)CCN1C[C@@H](O)C[C@@H](Cc1ccccc1)NCC(=O)ON1C(=O)CCC1=O. The van der Waals surface area contributed by atoms with Gasteiger partial charge >= 0.3 is 5.97 Å². The number of hydrogen-bond acceptors (Lipinski definition) is 10. The van der Waals surface area contributed by atoms with Crippen molar-refractivity contribution in [2.75, 3.05) is 32.7 Å². The third-order valence-corrected chi connectivity index (χ3v) is 7.57. The normalized spacial score (nSPS) is 19.5. The predicted octanol–water partition coefficient (Wildman–Crippen LogP) is 1.04. The third-order valence-electron chi connectivity index (χ3n) is 7.57. The van der Waals surface area contributed by atoms with Gasteiger partial charge in [-0.1, -0.05) is 36.4 Å². The van der Waals surface area contributed by atoms with Crippen LogP contribution in [0.2, 0.25) is 0 Å². The smallest absolute Gasteiger partial charge is 0.346 e. The molecule has 2 fully saturated rings. The number of hydrogen-bond donors (Lipinski definition) is 3. The third kappa shape index (κ3) is 10.2. The molecule has 0 spiro atoms. The average Bonchev–Trinajstić information content (AvgIpc) is 3.29. The minimum atomic E-state index is -0.802. The number of imide groups is 1. The molecular formula is C32H44N6O6. The van der Waals surface area contributed by atoms with Crippen molar-refractivity contribution in [3.63, 3.8) is 0 Å². The summed E-state index contributed by atoms with van der Waals surface area (Å²) in [5.74, 6) is -1.92. The Balaban J connectivity index is 1.39. The summed E-state index contributed by atoms with van der Waals surface area (Å²) < 4.78 is 0. The number of aliphatic hydroxyl groups is 1. The van der Waals surface area contributed by atoms with Gasteiger partial charge in [0.1, 0.15) is 6.04 Å². The van der Waals surface area contributed by atoms with Gasteiger partial charge in [-0.25, -0.2) is 4.79 Å². The Kier molecular flexibility index (Phi) is 11.6. The zero-order valence-electron chi connectivity index (χ0n) is 25.8. The van der Waals surface area contributed by atoms with Gasteiger partial charge in [0.25, 0.3) is 11.8 Å². The number of rotatable bonds is 13. The molecule has 0 radical (unpaired) electrons. The second kappa shape index (κ2) is 15.3. The average molecular weight is 609 g/mol. The van der Waals surface area contributed by atoms with Gasteiger partial charge in [-0.15, -0.1) is 5.06 Å². The van der Waals surface area contributed by atoms with Gasteiger partial charge in [-0.3, -0.25) is 29.2 Å². The fourth-order valence-electron chi connectivity index (χ4n) is 5.52. The highest BCUT2D eigenvalue weighted by molar-refractivity contribution is 6.01. The van der Waals surface area contributed by atoms with E-state index in [-0.39, 0.29) is 37.9 Å². The van der Waals surface area contributed by atoms with Crippen LogP contribution in [0.15, 0.2) is 54.9 Å². The van der Waals surface area contributed by atoms with Crippen LogP contribution in [0.3, 0.4) is 0 Å². The number of nitrogens with one attached hydrogen (secondary N) is 2. The van der Waals surface area contributed by atoms with Crippen LogP contribution in [0, 0.1) is 0 Å². The molecular weight excluding hydrogens is 564 g/mol. The molecule has 2 aliphatic heterocycles. The van der Waals surface area contributed by atoms with E-state index in [0.29, 0.717) is 37.5 Å². The van der Waals surface area contributed by atoms with Crippen LogP contribution >= 0.6 is 0 Å². The first-order chi connectivity index (χ1) is 21.0. The lowest BCUT2D eigenvalue weighted by molar-refractivity contribution is -0.196. The molecule has 4 rings (SSSR count). The van der Waals surface area contributed by atoms with Crippen molar-refractivity contribution in [3.8, 4) is 0 Å². The molecule has 0 aliphatic carbocycles. The number of carbonyl (C=O) groups excluding carboxylic acids is 4. The van der Waals surface area contributed by atoms with Crippen molar-refractivity contribution in [1.29, 1.82) is 0 Å². The highest BCUT2D eigenvalue weighted by Gasteiger charge is 2.36. The maximum absolute atomic E-state index is 13.4. The lowest BCUT2D eigenvalue weighted by Gasteiger charge is -2.42. The fourth-order valence-corrected chi connectivity index (χ4v) is 5.52. The highest BCUT2D eigenvalue weighted by Crippen LogP contribution is 2.18. The molecule has 3 heterocycles. The largest absolute Gasteiger partial charge is 0.392 e. The number of amides is 3. The molecule has 1 aromatic carbocycles. The minimum absolute atomic E-state index is 0.0227. The van der Waals surface area contributed by atoms with Gasteiger partial charge in [0.2, 0.25) is 5.91 Å². The molecule has 2 aliphatic rings. The second-order valence-electron chi connectivity index (χ2n) is 12.5. The summed E-state index contributed by atoms with van der Waals surface area (Å²) in [6.07, 6.45) is 3.64. The maximum atomic E-state index is 13.4. The Morgan fingerprint density at radius 3 is 2.41 bits per heavy atom. The van der Waals surface area contributed by atoms with E-state index in [9.17, 15) is 24.3 Å². The van der Waals surface area contributed by atoms with E-state index in [1.807, 2.05) is 74.3 Å². The summed E-state index contributed by atoms with van der Waals surface area (Å²) in [6.45, 7) is 8.38. The molecule has 0 bridgehead atoms. The number of β-amino-alcohol motifs (C(OH)–C–C–N with tert-alkyl or cyclic N) is 1. The first-order valence-electron chi connectivity index (χ1n) is 15.2. The van der Waals surface area contributed by atoms with Crippen molar-refractivity contribution in [2.24, 2.45) is 0 Å². The number of hydroxylamine groups is 2. The summed E-state index contributed by atoms with van der Waals surface area (Å²) in [6, 6.07) is 12.8. The van der Waals surface area contributed by atoms with Gasteiger partial charge in [0.15, 0.2) is 0 Å². The van der Waals surface area contributed by atoms with E-state index in [1.165, 1.54) is 0 Å². The van der Waals surface area contributed by atoms with Crippen LogP contribution in [-0.4, -0.2) is 105 Å². The molecule has 2 aromatic rings. The van der Waals surface area contributed by atoms with Crippen LogP contribution in [0.5, 0.6) is 0 Å². The van der Waals surface area contributed by atoms with Gasteiger partial charge in [-0.05, 0) is 50.8 Å². The topological polar surface area (TPSA) is 144 Å². The van der Waals surface area contributed by atoms with E-state index >= 15 is 0 Å². The van der Waals surface area contributed by atoms with Crippen LogP contribution in [0.4, 0.5) is 0 Å². The predicted molar refractivity (Wildman–Crippen MR) is 163 cm³/mol. The summed E-state index contributed by atoms with van der Waals surface area (Å²) in [7, 11) is 0. The molecule has 3 amide bonds. The molecule has 44 heavy (non-hydrogen) atoms. The zero-order chi connectivity index (χ0) is 31.7. The Morgan fingerprint density at radius 1 is 1.05 bits per heavy atom. The van der Waals surface area contributed by atoms with Crippen LogP contribution in [0.25, 0.3) is 0 Å². The highest BCUT2D eigenvalue weighted by atomic mass is 16.7. The number of piperazine rings is 1. The van der Waals surface area contributed by atoms with Gasteiger partial charge in [0, 0.05) is 69.5 Å². The summed E-state index contributed by atoms with van der Waals surface area (Å²) >= 11 is 0.